The summed E-state index contributed by atoms with van der Waals surface area (Å²) in [6.07, 6.45) is 2.79. The Bertz CT molecular complexity index is 251. The minimum absolute atomic E-state index is 0.390. The van der Waals surface area contributed by atoms with Gasteiger partial charge in [0.15, 0.2) is 0 Å². The first-order valence-corrected chi connectivity index (χ1v) is 5.91. The van der Waals surface area contributed by atoms with Gasteiger partial charge in [0.05, 0.1) is 0 Å². The second-order valence-corrected chi connectivity index (χ2v) is 4.57. The highest BCUT2D eigenvalue weighted by Crippen LogP contribution is 2.17. The molecule has 1 heterocycles. The fraction of sp³-hybridized carbons (Fsp3) is 0.750. The molecule has 0 amide bonds. The van der Waals surface area contributed by atoms with E-state index in [-0.39, 0.29) is 0 Å². The van der Waals surface area contributed by atoms with E-state index in [1.165, 1.54) is 5.75 Å². The molecule has 0 aliphatic heterocycles. The van der Waals surface area contributed by atoms with Crippen molar-refractivity contribution in [3.63, 3.8) is 0 Å². The van der Waals surface area contributed by atoms with E-state index >= 15 is 0 Å². The zero-order chi connectivity index (χ0) is 9.68. The molecule has 0 saturated carbocycles. The second kappa shape index (κ2) is 5.50. The van der Waals surface area contributed by atoms with Gasteiger partial charge in [0.2, 0.25) is 5.28 Å². The normalized spacial score (nSPS) is 13.2. The lowest BCUT2D eigenvalue weighted by Gasteiger charge is -2.12. The van der Waals surface area contributed by atoms with Crippen molar-refractivity contribution in [2.24, 2.45) is 0 Å². The third-order valence-electron chi connectivity index (χ3n) is 1.89. The van der Waals surface area contributed by atoms with Gasteiger partial charge in [0, 0.05) is 6.04 Å². The lowest BCUT2D eigenvalue weighted by molar-refractivity contribution is 0.533. The molecule has 0 saturated heterocycles. The van der Waals surface area contributed by atoms with Gasteiger partial charge in [-0.3, -0.25) is 0 Å². The van der Waals surface area contributed by atoms with Gasteiger partial charge in [0.25, 0.3) is 0 Å². The van der Waals surface area contributed by atoms with Crippen molar-refractivity contribution in [1.29, 1.82) is 0 Å². The van der Waals surface area contributed by atoms with Crippen molar-refractivity contribution in [2.45, 2.75) is 26.3 Å². The molecule has 0 aromatic carbocycles. The molecule has 13 heavy (non-hydrogen) atoms. The zero-order valence-electron chi connectivity index (χ0n) is 7.90. The summed E-state index contributed by atoms with van der Waals surface area (Å²) in [6, 6.07) is 0.390. The smallest absolute Gasteiger partial charge is 0.225 e. The van der Waals surface area contributed by atoms with Crippen molar-refractivity contribution in [3.8, 4) is 0 Å². The highest BCUT2D eigenvalue weighted by Gasteiger charge is 2.08. The lowest BCUT2D eigenvalue weighted by Crippen LogP contribution is -2.05. The van der Waals surface area contributed by atoms with E-state index in [9.17, 15) is 0 Å². The van der Waals surface area contributed by atoms with Crippen LogP contribution in [0.4, 0.5) is 0 Å². The average molecular weight is 220 g/mol. The van der Waals surface area contributed by atoms with Crippen LogP contribution in [0.15, 0.2) is 6.33 Å². The van der Waals surface area contributed by atoms with Crippen LogP contribution >= 0.6 is 23.4 Å². The number of hydrogen-bond donors (Lipinski definition) is 0. The third-order valence-corrected chi connectivity index (χ3v) is 3.09. The molecular formula is C8H14ClN3S. The molecule has 0 fully saturated rings. The Labute approximate surface area is 87.9 Å². The highest BCUT2D eigenvalue weighted by molar-refractivity contribution is 7.99. The van der Waals surface area contributed by atoms with Crippen LogP contribution < -0.4 is 0 Å². The summed E-state index contributed by atoms with van der Waals surface area (Å²) in [5.41, 5.74) is 0. The van der Waals surface area contributed by atoms with Gasteiger partial charge in [-0.15, -0.1) is 10.2 Å². The van der Waals surface area contributed by atoms with Gasteiger partial charge >= 0.3 is 0 Å². The van der Waals surface area contributed by atoms with Crippen molar-refractivity contribution in [3.05, 3.63) is 11.6 Å². The number of hydrogen-bond acceptors (Lipinski definition) is 3. The van der Waals surface area contributed by atoms with Crippen molar-refractivity contribution in [2.75, 3.05) is 11.5 Å². The fourth-order valence-electron chi connectivity index (χ4n) is 1.06. The van der Waals surface area contributed by atoms with E-state index in [1.54, 1.807) is 6.33 Å². The number of nitrogens with zero attached hydrogens (tertiary/aromatic N) is 3. The summed E-state index contributed by atoms with van der Waals surface area (Å²) in [7, 11) is 0. The molecule has 0 spiro atoms. The van der Waals surface area contributed by atoms with E-state index in [0.717, 1.165) is 12.2 Å². The maximum Gasteiger partial charge on any atom is 0.225 e. The fourth-order valence-corrected chi connectivity index (χ4v) is 2.11. The Morgan fingerprint density at radius 3 is 3.00 bits per heavy atom. The predicted octanol–water partition coefficient (Wildman–Crippen LogP) is 2.64. The van der Waals surface area contributed by atoms with E-state index in [4.69, 9.17) is 11.6 Å². The number of aromatic nitrogens is 3. The quantitative estimate of drug-likeness (QED) is 0.714. The summed E-state index contributed by atoms with van der Waals surface area (Å²) >= 11 is 7.77. The topological polar surface area (TPSA) is 30.7 Å². The second-order valence-electron chi connectivity index (χ2n) is 2.84. The molecule has 1 unspecified atom stereocenters. The van der Waals surface area contributed by atoms with Crippen LogP contribution in [0.2, 0.25) is 5.28 Å². The van der Waals surface area contributed by atoms with E-state index in [0.29, 0.717) is 11.3 Å². The summed E-state index contributed by atoms with van der Waals surface area (Å²) in [6.45, 7) is 4.30. The number of halogens is 1. The van der Waals surface area contributed by atoms with Gasteiger partial charge < -0.3 is 4.57 Å². The summed E-state index contributed by atoms with van der Waals surface area (Å²) < 4.78 is 1.90. The molecule has 5 heteroatoms. The molecule has 1 atom stereocenters. The van der Waals surface area contributed by atoms with E-state index < -0.39 is 0 Å². The predicted molar refractivity (Wildman–Crippen MR) is 57.4 cm³/mol. The Morgan fingerprint density at radius 2 is 2.46 bits per heavy atom. The largest absolute Gasteiger partial charge is 0.302 e. The van der Waals surface area contributed by atoms with Gasteiger partial charge in [-0.25, -0.2) is 0 Å². The number of rotatable bonds is 5. The maximum atomic E-state index is 5.83. The summed E-state index contributed by atoms with van der Waals surface area (Å²) in [5.74, 6) is 2.33. The Kier molecular flexibility index (Phi) is 4.59. The highest BCUT2D eigenvalue weighted by atomic mass is 35.5. The molecule has 0 N–H and O–H groups in total. The van der Waals surface area contributed by atoms with Gasteiger partial charge in [-0.05, 0) is 36.5 Å². The van der Waals surface area contributed by atoms with Crippen LogP contribution in [0.3, 0.4) is 0 Å². The Balaban J connectivity index is 2.39. The molecule has 74 valence electrons. The van der Waals surface area contributed by atoms with Crippen LogP contribution in [0.25, 0.3) is 0 Å². The van der Waals surface area contributed by atoms with Crippen LogP contribution in [0.1, 0.15) is 26.3 Å². The number of thioether (sulfide) groups is 1. The molecule has 0 radical (unpaired) electrons. The molecule has 1 aromatic rings. The molecule has 0 aliphatic rings. The first-order valence-electron chi connectivity index (χ1n) is 4.38. The first kappa shape index (κ1) is 10.9. The van der Waals surface area contributed by atoms with Crippen LogP contribution in [-0.2, 0) is 0 Å². The van der Waals surface area contributed by atoms with Crippen LogP contribution in [0, 0.1) is 0 Å². The SMILES string of the molecule is CCSCCC(C)n1cnnc1Cl. The van der Waals surface area contributed by atoms with Crippen LogP contribution in [-0.4, -0.2) is 26.3 Å². The molecule has 0 bridgehead atoms. The molecule has 0 aliphatic carbocycles. The Morgan fingerprint density at radius 1 is 1.69 bits per heavy atom. The minimum atomic E-state index is 0.390. The van der Waals surface area contributed by atoms with E-state index in [1.807, 2.05) is 16.3 Å². The Hall–Kier alpha value is -0.220. The molecular weight excluding hydrogens is 206 g/mol. The van der Waals surface area contributed by atoms with E-state index in [2.05, 4.69) is 24.0 Å². The third kappa shape index (κ3) is 3.19. The lowest BCUT2D eigenvalue weighted by atomic mass is 10.3. The van der Waals surface area contributed by atoms with Crippen molar-refractivity contribution in [1.82, 2.24) is 14.8 Å². The average Bonchev–Trinajstić information content (AvgIpc) is 2.52. The summed E-state index contributed by atoms with van der Waals surface area (Å²) in [4.78, 5) is 0. The molecule has 1 rings (SSSR count). The minimum Gasteiger partial charge on any atom is -0.302 e. The van der Waals surface area contributed by atoms with Gasteiger partial charge in [0.1, 0.15) is 6.33 Å². The van der Waals surface area contributed by atoms with Crippen molar-refractivity contribution >= 4 is 23.4 Å². The summed E-state index contributed by atoms with van der Waals surface area (Å²) in [5, 5.41) is 7.96. The first-order chi connectivity index (χ1) is 6.25. The monoisotopic (exact) mass is 219 g/mol. The van der Waals surface area contributed by atoms with Crippen LogP contribution in [0.5, 0.6) is 0 Å². The molecule has 3 nitrogen and oxygen atoms in total. The van der Waals surface area contributed by atoms with Gasteiger partial charge in [-0.2, -0.15) is 11.8 Å². The maximum absolute atomic E-state index is 5.83. The van der Waals surface area contributed by atoms with Gasteiger partial charge in [-0.1, -0.05) is 6.92 Å². The molecule has 1 aromatic heterocycles. The van der Waals surface area contributed by atoms with Crippen molar-refractivity contribution < 1.29 is 0 Å². The zero-order valence-corrected chi connectivity index (χ0v) is 9.48. The standard InChI is InChI=1S/C8H14ClN3S/c1-3-13-5-4-7(2)12-6-10-11-8(12)9/h6-7H,3-5H2,1-2H3.